The van der Waals surface area contributed by atoms with Crippen molar-refractivity contribution in [3.8, 4) is 11.5 Å². The second-order valence-electron chi connectivity index (χ2n) is 4.26. The highest BCUT2D eigenvalue weighted by Crippen LogP contribution is 2.30. The van der Waals surface area contributed by atoms with Crippen LogP contribution in [0.2, 0.25) is 5.02 Å². The number of nitrogens with zero attached hydrogens (tertiary/aromatic N) is 1. The van der Waals surface area contributed by atoms with Gasteiger partial charge in [0.15, 0.2) is 0 Å². The van der Waals surface area contributed by atoms with Crippen molar-refractivity contribution in [2.24, 2.45) is 0 Å². The Morgan fingerprint density at radius 2 is 2.05 bits per heavy atom. The normalized spacial score (nSPS) is 10.1. The molecule has 2 aromatic rings. The maximum absolute atomic E-state index is 12.1. The van der Waals surface area contributed by atoms with E-state index in [1.165, 1.54) is 43.5 Å². The van der Waals surface area contributed by atoms with Gasteiger partial charge in [-0.1, -0.05) is 11.6 Å². The fraction of sp³-hybridized carbons (Fsp3) is 0.0714. The Hall–Kier alpha value is -2.80. The molecule has 0 atom stereocenters. The number of hydrogen-bond donors (Lipinski definition) is 2. The molecule has 2 rings (SSSR count). The first kappa shape index (κ1) is 15.6. The number of nitrogens with one attached hydrogen (secondary N) is 1. The Balaban J connectivity index is 2.36. The van der Waals surface area contributed by atoms with Crippen LogP contribution in [-0.2, 0) is 0 Å². The number of amides is 1. The fourth-order valence-electron chi connectivity index (χ4n) is 1.77. The van der Waals surface area contributed by atoms with Crippen molar-refractivity contribution in [3.05, 3.63) is 57.1 Å². The fourth-order valence-corrected chi connectivity index (χ4v) is 1.95. The lowest BCUT2D eigenvalue weighted by atomic mass is 10.1. The maximum Gasteiger partial charge on any atom is 0.296 e. The van der Waals surface area contributed by atoms with Crippen LogP contribution in [0.1, 0.15) is 10.4 Å². The van der Waals surface area contributed by atoms with E-state index in [4.69, 9.17) is 16.3 Å². The van der Waals surface area contributed by atoms with Crippen LogP contribution in [0.3, 0.4) is 0 Å². The molecule has 0 aliphatic carbocycles. The van der Waals surface area contributed by atoms with Crippen LogP contribution in [0, 0.1) is 10.1 Å². The molecule has 2 N–H and O–H groups in total. The number of nitro groups is 1. The lowest BCUT2D eigenvalue weighted by Crippen LogP contribution is -2.13. The van der Waals surface area contributed by atoms with Gasteiger partial charge in [-0.3, -0.25) is 14.9 Å². The van der Waals surface area contributed by atoms with Crippen molar-refractivity contribution in [2.45, 2.75) is 0 Å². The third-order valence-corrected chi connectivity index (χ3v) is 3.09. The third-order valence-electron chi connectivity index (χ3n) is 2.85. The molecule has 1 amide bonds. The summed E-state index contributed by atoms with van der Waals surface area (Å²) in [7, 11) is 1.38. The number of ether oxygens (including phenoxy) is 1. The molecule has 0 bridgehead atoms. The number of methoxy groups -OCH3 is 1. The van der Waals surface area contributed by atoms with Crippen molar-refractivity contribution >= 4 is 28.9 Å². The Morgan fingerprint density at radius 3 is 2.68 bits per heavy atom. The van der Waals surface area contributed by atoms with Crippen molar-refractivity contribution in [1.82, 2.24) is 0 Å². The van der Waals surface area contributed by atoms with E-state index in [-0.39, 0.29) is 33.5 Å². The quantitative estimate of drug-likeness (QED) is 0.664. The van der Waals surface area contributed by atoms with E-state index < -0.39 is 10.8 Å². The van der Waals surface area contributed by atoms with Crippen molar-refractivity contribution in [1.29, 1.82) is 0 Å². The number of benzene rings is 2. The molecule has 0 aromatic heterocycles. The van der Waals surface area contributed by atoms with E-state index in [2.05, 4.69) is 5.32 Å². The van der Waals surface area contributed by atoms with E-state index in [1.54, 1.807) is 0 Å². The van der Waals surface area contributed by atoms with Crippen molar-refractivity contribution < 1.29 is 19.6 Å². The number of aromatic hydroxyl groups is 1. The molecule has 0 heterocycles. The highest BCUT2D eigenvalue weighted by molar-refractivity contribution is 6.31. The molecule has 0 spiro atoms. The zero-order valence-corrected chi connectivity index (χ0v) is 12.1. The molecule has 0 saturated carbocycles. The van der Waals surface area contributed by atoms with Gasteiger partial charge in [-0.25, -0.2) is 0 Å². The van der Waals surface area contributed by atoms with Gasteiger partial charge in [-0.05, 0) is 30.3 Å². The Kier molecular flexibility index (Phi) is 4.47. The monoisotopic (exact) mass is 322 g/mol. The van der Waals surface area contributed by atoms with Gasteiger partial charge in [0.1, 0.15) is 17.2 Å². The van der Waals surface area contributed by atoms with Crippen LogP contribution in [0.4, 0.5) is 11.4 Å². The summed E-state index contributed by atoms with van der Waals surface area (Å²) in [4.78, 5) is 22.5. The standard InChI is InChI=1S/C14H11ClN2O5/c1-22-9-3-4-11(12(7-9)17(20)21)16-14(19)10-6-8(15)2-5-13(10)18/h2-7,18H,1H3,(H,16,19). The van der Waals surface area contributed by atoms with Crippen LogP contribution in [-0.4, -0.2) is 23.0 Å². The zero-order valence-electron chi connectivity index (χ0n) is 11.4. The molecule has 0 fully saturated rings. The summed E-state index contributed by atoms with van der Waals surface area (Å²) in [5, 5.41) is 23.4. The molecule has 0 aliphatic rings. The predicted molar refractivity (Wildman–Crippen MR) is 80.7 cm³/mol. The number of carbonyl (C=O) groups excluding carboxylic acids is 1. The summed E-state index contributed by atoms with van der Waals surface area (Å²) in [5.41, 5.74) is -0.429. The molecule has 0 unspecified atom stereocenters. The Labute approximate surface area is 130 Å². The largest absolute Gasteiger partial charge is 0.507 e. The first-order valence-corrected chi connectivity index (χ1v) is 6.42. The summed E-state index contributed by atoms with van der Waals surface area (Å²) in [5.74, 6) is -0.707. The molecular weight excluding hydrogens is 312 g/mol. The predicted octanol–water partition coefficient (Wildman–Crippen LogP) is 3.21. The smallest absolute Gasteiger partial charge is 0.296 e. The lowest BCUT2D eigenvalue weighted by Gasteiger charge is -2.09. The van der Waals surface area contributed by atoms with Gasteiger partial charge in [0.05, 0.1) is 23.7 Å². The number of nitro benzene ring substituents is 1. The number of rotatable bonds is 4. The van der Waals surface area contributed by atoms with Gasteiger partial charge in [0.2, 0.25) is 0 Å². The average molecular weight is 323 g/mol. The van der Waals surface area contributed by atoms with Gasteiger partial charge >= 0.3 is 0 Å². The van der Waals surface area contributed by atoms with Gasteiger partial charge in [0.25, 0.3) is 11.6 Å². The minimum Gasteiger partial charge on any atom is -0.507 e. The molecule has 2 aromatic carbocycles. The number of phenols is 1. The first-order valence-electron chi connectivity index (χ1n) is 6.04. The minimum atomic E-state index is -0.715. The number of halogens is 1. The van der Waals surface area contributed by atoms with E-state index in [9.17, 15) is 20.0 Å². The second-order valence-corrected chi connectivity index (χ2v) is 4.69. The molecule has 8 heteroatoms. The van der Waals surface area contributed by atoms with E-state index >= 15 is 0 Å². The molecule has 0 radical (unpaired) electrons. The van der Waals surface area contributed by atoms with Crippen molar-refractivity contribution in [2.75, 3.05) is 12.4 Å². The van der Waals surface area contributed by atoms with E-state index in [1.807, 2.05) is 0 Å². The lowest BCUT2D eigenvalue weighted by molar-refractivity contribution is -0.384. The Morgan fingerprint density at radius 1 is 1.32 bits per heavy atom. The van der Waals surface area contributed by atoms with Gasteiger partial charge in [-0.2, -0.15) is 0 Å². The van der Waals surface area contributed by atoms with E-state index in [0.717, 1.165) is 0 Å². The van der Waals surface area contributed by atoms with Gasteiger partial charge < -0.3 is 15.2 Å². The highest BCUT2D eigenvalue weighted by atomic mass is 35.5. The molecule has 0 saturated heterocycles. The summed E-state index contributed by atoms with van der Waals surface area (Å²) in [6.45, 7) is 0. The number of hydrogen-bond acceptors (Lipinski definition) is 5. The molecular formula is C14H11ClN2O5. The van der Waals surface area contributed by atoms with Crippen LogP contribution < -0.4 is 10.1 Å². The molecule has 22 heavy (non-hydrogen) atoms. The summed E-state index contributed by atoms with van der Waals surface area (Å²) in [6, 6.07) is 7.95. The topological polar surface area (TPSA) is 102 Å². The minimum absolute atomic E-state index is 0.0184. The number of carbonyl (C=O) groups is 1. The van der Waals surface area contributed by atoms with Gasteiger partial charge in [-0.15, -0.1) is 0 Å². The molecule has 0 aliphatic heterocycles. The van der Waals surface area contributed by atoms with Crippen LogP contribution in [0.25, 0.3) is 0 Å². The number of anilines is 1. The van der Waals surface area contributed by atoms with Crippen LogP contribution in [0.15, 0.2) is 36.4 Å². The highest BCUT2D eigenvalue weighted by Gasteiger charge is 2.19. The van der Waals surface area contributed by atoms with Crippen LogP contribution in [0.5, 0.6) is 11.5 Å². The maximum atomic E-state index is 12.1. The zero-order chi connectivity index (χ0) is 16.3. The second kappa shape index (κ2) is 6.31. The number of phenolic OH excluding ortho intramolecular Hbond substituents is 1. The summed E-state index contributed by atoms with van der Waals surface area (Å²) < 4.78 is 4.91. The summed E-state index contributed by atoms with van der Waals surface area (Å²) in [6.07, 6.45) is 0. The SMILES string of the molecule is COc1ccc(NC(=O)c2cc(Cl)ccc2O)c([N+](=O)[O-])c1. The van der Waals surface area contributed by atoms with Crippen LogP contribution >= 0.6 is 11.6 Å². The van der Waals surface area contributed by atoms with Gasteiger partial charge in [0, 0.05) is 5.02 Å². The first-order chi connectivity index (χ1) is 10.4. The molecule has 114 valence electrons. The molecule has 7 nitrogen and oxygen atoms in total. The van der Waals surface area contributed by atoms with Crippen molar-refractivity contribution in [3.63, 3.8) is 0 Å². The van der Waals surface area contributed by atoms with E-state index in [0.29, 0.717) is 0 Å². The summed E-state index contributed by atoms with van der Waals surface area (Å²) >= 11 is 5.77. The Bertz CT molecular complexity index is 748. The average Bonchev–Trinajstić information content (AvgIpc) is 2.49. The third kappa shape index (κ3) is 3.26.